The third-order valence-electron chi connectivity index (χ3n) is 5.49. The van der Waals surface area contributed by atoms with Crippen LogP contribution in [0, 0.1) is 0 Å². The molecule has 0 unspecified atom stereocenters. The normalized spacial score (nSPS) is 15.7. The standard InChI is InChI=1S/C23H29Cl2NO2/c1-27-22-11-7-8-17(15-26-20-9-5-3-2-4-6-10-20)23(22)28-16-18-12-13-19(24)14-21(18)25/h7-8,11-14,20,26H,2-6,9-10,15-16H2,1H3/p+1. The molecule has 0 atom stereocenters. The van der Waals surface area contributed by atoms with Gasteiger partial charge in [-0.05, 0) is 49.9 Å². The number of quaternary nitrogens is 1. The topological polar surface area (TPSA) is 35.1 Å². The van der Waals surface area contributed by atoms with Crippen LogP contribution in [-0.4, -0.2) is 13.2 Å². The number of benzene rings is 2. The van der Waals surface area contributed by atoms with Crippen molar-refractivity contribution < 1.29 is 14.8 Å². The SMILES string of the molecule is COc1cccc(C[NH2+]C2CCCCCCC2)c1OCc1ccc(Cl)cc1Cl. The van der Waals surface area contributed by atoms with Gasteiger partial charge in [-0.3, -0.25) is 0 Å². The molecule has 2 aromatic carbocycles. The summed E-state index contributed by atoms with van der Waals surface area (Å²) in [5.74, 6) is 1.56. The van der Waals surface area contributed by atoms with Crippen molar-refractivity contribution in [3.8, 4) is 11.5 Å². The Morgan fingerprint density at radius 3 is 2.43 bits per heavy atom. The van der Waals surface area contributed by atoms with Gasteiger partial charge in [-0.2, -0.15) is 0 Å². The second-order valence-corrected chi connectivity index (χ2v) is 8.36. The third-order valence-corrected chi connectivity index (χ3v) is 6.08. The van der Waals surface area contributed by atoms with E-state index in [4.69, 9.17) is 32.7 Å². The summed E-state index contributed by atoms with van der Waals surface area (Å²) in [6.45, 7) is 1.28. The van der Waals surface area contributed by atoms with Crippen LogP contribution < -0.4 is 14.8 Å². The molecule has 2 N–H and O–H groups in total. The van der Waals surface area contributed by atoms with Crippen molar-refractivity contribution in [2.24, 2.45) is 0 Å². The van der Waals surface area contributed by atoms with E-state index in [0.29, 0.717) is 22.7 Å². The minimum absolute atomic E-state index is 0.382. The zero-order valence-corrected chi connectivity index (χ0v) is 18.1. The Balaban J connectivity index is 1.69. The Labute approximate surface area is 178 Å². The Hall–Kier alpha value is -1.42. The number of nitrogens with two attached hydrogens (primary N) is 1. The lowest BCUT2D eigenvalue weighted by molar-refractivity contribution is -0.706. The maximum Gasteiger partial charge on any atom is 0.170 e. The van der Waals surface area contributed by atoms with Crippen LogP contribution in [0.2, 0.25) is 10.0 Å². The van der Waals surface area contributed by atoms with Gasteiger partial charge in [0.05, 0.1) is 18.7 Å². The number of methoxy groups -OCH3 is 1. The van der Waals surface area contributed by atoms with Crippen LogP contribution >= 0.6 is 23.2 Å². The molecule has 5 heteroatoms. The van der Waals surface area contributed by atoms with Crippen LogP contribution in [-0.2, 0) is 13.2 Å². The molecule has 0 heterocycles. The predicted octanol–water partition coefficient (Wildman–Crippen LogP) is 5.76. The fourth-order valence-electron chi connectivity index (χ4n) is 3.85. The molecular weight excluding hydrogens is 393 g/mol. The van der Waals surface area contributed by atoms with E-state index < -0.39 is 0 Å². The minimum atomic E-state index is 0.382. The zero-order valence-electron chi connectivity index (χ0n) is 16.6. The lowest BCUT2D eigenvalue weighted by Gasteiger charge is -2.20. The summed E-state index contributed by atoms with van der Waals surface area (Å²) in [6.07, 6.45) is 9.45. The van der Waals surface area contributed by atoms with Crippen molar-refractivity contribution in [2.45, 2.75) is 64.1 Å². The summed E-state index contributed by atoms with van der Waals surface area (Å²) < 4.78 is 11.7. The van der Waals surface area contributed by atoms with Crippen LogP contribution in [0.5, 0.6) is 11.5 Å². The zero-order chi connectivity index (χ0) is 19.8. The fourth-order valence-corrected chi connectivity index (χ4v) is 4.32. The quantitative estimate of drug-likeness (QED) is 0.615. The van der Waals surface area contributed by atoms with Gasteiger partial charge in [0.1, 0.15) is 13.2 Å². The Morgan fingerprint density at radius 2 is 1.71 bits per heavy atom. The highest BCUT2D eigenvalue weighted by Gasteiger charge is 2.17. The first-order valence-electron chi connectivity index (χ1n) is 10.2. The van der Waals surface area contributed by atoms with Crippen molar-refractivity contribution in [1.82, 2.24) is 0 Å². The first kappa shape index (κ1) is 21.3. The van der Waals surface area contributed by atoms with Gasteiger partial charge < -0.3 is 14.8 Å². The Kier molecular flexibility index (Phi) is 8.32. The van der Waals surface area contributed by atoms with E-state index in [2.05, 4.69) is 11.4 Å². The van der Waals surface area contributed by atoms with Crippen LogP contribution in [0.1, 0.15) is 56.1 Å². The van der Waals surface area contributed by atoms with E-state index in [1.54, 1.807) is 13.2 Å². The molecule has 0 aliphatic heterocycles. The molecule has 0 saturated heterocycles. The molecule has 0 amide bonds. The van der Waals surface area contributed by atoms with Crippen molar-refractivity contribution in [3.05, 3.63) is 57.6 Å². The van der Waals surface area contributed by atoms with E-state index in [9.17, 15) is 0 Å². The average Bonchev–Trinajstić information content (AvgIpc) is 2.66. The number of para-hydroxylation sites is 1. The molecule has 3 rings (SSSR count). The molecule has 3 nitrogen and oxygen atoms in total. The summed E-state index contributed by atoms with van der Waals surface area (Å²) in [7, 11) is 1.68. The Morgan fingerprint density at radius 1 is 0.964 bits per heavy atom. The summed E-state index contributed by atoms with van der Waals surface area (Å²) >= 11 is 12.3. The number of ether oxygens (including phenoxy) is 2. The van der Waals surface area contributed by atoms with E-state index in [0.717, 1.165) is 29.2 Å². The van der Waals surface area contributed by atoms with Crippen LogP contribution in [0.4, 0.5) is 0 Å². The van der Waals surface area contributed by atoms with Crippen LogP contribution in [0.25, 0.3) is 0 Å². The molecular formula is C23H30Cl2NO2+. The van der Waals surface area contributed by atoms with Crippen molar-refractivity contribution in [3.63, 3.8) is 0 Å². The van der Waals surface area contributed by atoms with E-state index in [-0.39, 0.29) is 0 Å². The van der Waals surface area contributed by atoms with Gasteiger partial charge in [-0.25, -0.2) is 0 Å². The third kappa shape index (κ3) is 6.04. The fraction of sp³-hybridized carbons (Fsp3) is 0.478. The number of halogens is 2. The number of hydrogen-bond acceptors (Lipinski definition) is 2. The molecule has 2 aromatic rings. The molecule has 0 spiro atoms. The van der Waals surface area contributed by atoms with Gasteiger partial charge in [-0.1, -0.05) is 54.6 Å². The van der Waals surface area contributed by atoms with E-state index in [1.807, 2.05) is 24.3 Å². The van der Waals surface area contributed by atoms with Gasteiger partial charge in [0.25, 0.3) is 0 Å². The maximum atomic E-state index is 6.30. The molecule has 0 aromatic heterocycles. The van der Waals surface area contributed by atoms with E-state index >= 15 is 0 Å². The lowest BCUT2D eigenvalue weighted by atomic mass is 9.96. The molecule has 1 saturated carbocycles. The summed E-state index contributed by atoms with van der Waals surface area (Å²) in [6, 6.07) is 12.3. The van der Waals surface area contributed by atoms with Crippen molar-refractivity contribution in [1.29, 1.82) is 0 Å². The predicted molar refractivity (Wildman–Crippen MR) is 116 cm³/mol. The molecule has 1 aliphatic carbocycles. The van der Waals surface area contributed by atoms with Gasteiger partial charge in [0.2, 0.25) is 0 Å². The molecule has 1 aliphatic rings. The van der Waals surface area contributed by atoms with Crippen LogP contribution in [0.3, 0.4) is 0 Å². The molecule has 0 radical (unpaired) electrons. The summed E-state index contributed by atoms with van der Waals surface area (Å²) in [5.41, 5.74) is 2.07. The number of rotatable bonds is 7. The highest BCUT2D eigenvalue weighted by atomic mass is 35.5. The largest absolute Gasteiger partial charge is 0.493 e. The molecule has 0 bridgehead atoms. The van der Waals surface area contributed by atoms with E-state index in [1.165, 1.54) is 44.9 Å². The van der Waals surface area contributed by atoms with Gasteiger partial charge in [0, 0.05) is 15.6 Å². The van der Waals surface area contributed by atoms with Crippen LogP contribution in [0.15, 0.2) is 36.4 Å². The second-order valence-electron chi connectivity index (χ2n) is 7.52. The lowest BCUT2D eigenvalue weighted by Crippen LogP contribution is -2.88. The highest BCUT2D eigenvalue weighted by Crippen LogP contribution is 2.32. The summed E-state index contributed by atoms with van der Waals surface area (Å²) in [4.78, 5) is 0. The van der Waals surface area contributed by atoms with Gasteiger partial charge in [0.15, 0.2) is 11.5 Å². The molecule has 28 heavy (non-hydrogen) atoms. The first-order chi connectivity index (χ1) is 13.7. The summed E-state index contributed by atoms with van der Waals surface area (Å²) in [5, 5.41) is 3.72. The monoisotopic (exact) mass is 422 g/mol. The first-order valence-corrected chi connectivity index (χ1v) is 11.0. The van der Waals surface area contributed by atoms with Crippen molar-refractivity contribution >= 4 is 23.2 Å². The van der Waals surface area contributed by atoms with Gasteiger partial charge in [-0.15, -0.1) is 0 Å². The van der Waals surface area contributed by atoms with Gasteiger partial charge >= 0.3 is 0 Å². The maximum absolute atomic E-state index is 6.30. The minimum Gasteiger partial charge on any atom is -0.493 e. The molecule has 152 valence electrons. The Bertz CT molecular complexity index is 758. The average molecular weight is 423 g/mol. The second kappa shape index (κ2) is 10.9. The number of hydrogen-bond donors (Lipinski definition) is 1. The van der Waals surface area contributed by atoms with Crippen molar-refractivity contribution in [2.75, 3.05) is 7.11 Å². The highest BCUT2D eigenvalue weighted by molar-refractivity contribution is 6.35. The smallest absolute Gasteiger partial charge is 0.170 e. The molecule has 1 fully saturated rings.